The van der Waals surface area contributed by atoms with Crippen molar-refractivity contribution in [2.24, 2.45) is 0 Å². The Hall–Kier alpha value is -1.91. The molecular weight excluding hydrogens is 353 g/mol. The first-order valence-electron chi connectivity index (χ1n) is 10.2. The third-order valence-electron chi connectivity index (χ3n) is 6.22. The molecule has 1 fully saturated rings. The highest BCUT2D eigenvalue weighted by atomic mass is 19.1. The van der Waals surface area contributed by atoms with Crippen LogP contribution in [-0.2, 0) is 16.7 Å². The molecule has 3 rings (SSSR count). The standard InChI is InChI=1S/C24H32FNO2/c1-4-23(2)18-24(14-16-28-23,20-7-9-21(25)10-8-20)13-15-26-17-19-5-11-22(27-3)12-6-19/h5-12,26H,4,13-18H2,1-3H3. The van der Waals surface area contributed by atoms with Gasteiger partial charge in [-0.25, -0.2) is 4.39 Å². The molecule has 152 valence electrons. The number of benzene rings is 2. The van der Waals surface area contributed by atoms with Crippen molar-refractivity contribution < 1.29 is 13.9 Å². The van der Waals surface area contributed by atoms with Crippen molar-refractivity contribution in [2.45, 2.75) is 57.1 Å². The number of nitrogens with one attached hydrogen (secondary N) is 1. The van der Waals surface area contributed by atoms with Crippen molar-refractivity contribution in [2.75, 3.05) is 20.3 Å². The average molecular weight is 386 g/mol. The molecule has 2 aromatic carbocycles. The monoisotopic (exact) mass is 385 g/mol. The van der Waals surface area contributed by atoms with Gasteiger partial charge in [-0.05, 0) is 74.5 Å². The molecule has 4 heteroatoms. The van der Waals surface area contributed by atoms with Crippen LogP contribution in [0.4, 0.5) is 4.39 Å². The third kappa shape index (κ3) is 4.92. The molecule has 1 N–H and O–H groups in total. The number of methoxy groups -OCH3 is 1. The summed E-state index contributed by atoms with van der Waals surface area (Å²) in [4.78, 5) is 0. The Bertz CT molecular complexity index is 746. The van der Waals surface area contributed by atoms with E-state index in [0.29, 0.717) is 0 Å². The van der Waals surface area contributed by atoms with E-state index >= 15 is 0 Å². The van der Waals surface area contributed by atoms with Crippen molar-refractivity contribution in [3.63, 3.8) is 0 Å². The van der Waals surface area contributed by atoms with Crippen LogP contribution in [0.3, 0.4) is 0 Å². The van der Waals surface area contributed by atoms with Crippen LogP contribution in [0.2, 0.25) is 0 Å². The highest BCUT2D eigenvalue weighted by Crippen LogP contribution is 2.45. The Balaban J connectivity index is 1.68. The molecule has 1 aliphatic rings. The normalized spacial score (nSPS) is 24.9. The SMILES string of the molecule is CCC1(C)CC(CCNCc2ccc(OC)cc2)(c2ccc(F)cc2)CCO1. The number of hydrogen-bond donors (Lipinski definition) is 1. The molecule has 1 heterocycles. The summed E-state index contributed by atoms with van der Waals surface area (Å²) < 4.78 is 24.8. The van der Waals surface area contributed by atoms with Gasteiger partial charge in [-0.3, -0.25) is 0 Å². The lowest BCUT2D eigenvalue weighted by Crippen LogP contribution is -2.46. The summed E-state index contributed by atoms with van der Waals surface area (Å²) >= 11 is 0. The lowest BCUT2D eigenvalue weighted by Gasteiger charge is -2.47. The minimum absolute atomic E-state index is 0.0175. The minimum atomic E-state index is -0.179. The maximum absolute atomic E-state index is 13.5. The van der Waals surface area contributed by atoms with Crippen molar-refractivity contribution in [3.8, 4) is 5.75 Å². The number of rotatable bonds is 8. The van der Waals surface area contributed by atoms with E-state index in [4.69, 9.17) is 9.47 Å². The summed E-state index contributed by atoms with van der Waals surface area (Å²) in [6.45, 7) is 6.87. The summed E-state index contributed by atoms with van der Waals surface area (Å²) in [5.41, 5.74) is 2.36. The van der Waals surface area contributed by atoms with Crippen LogP contribution in [0.5, 0.6) is 5.75 Å². The molecule has 2 unspecified atom stereocenters. The first-order valence-corrected chi connectivity index (χ1v) is 10.2. The molecule has 1 aliphatic heterocycles. The van der Waals surface area contributed by atoms with Gasteiger partial charge in [0.05, 0.1) is 12.7 Å². The van der Waals surface area contributed by atoms with E-state index in [1.165, 1.54) is 11.1 Å². The smallest absolute Gasteiger partial charge is 0.123 e. The van der Waals surface area contributed by atoms with Crippen LogP contribution in [-0.4, -0.2) is 25.9 Å². The Morgan fingerprint density at radius 3 is 2.46 bits per heavy atom. The molecule has 28 heavy (non-hydrogen) atoms. The molecule has 2 atom stereocenters. The zero-order chi connectivity index (χ0) is 20.0. The predicted octanol–water partition coefficient (Wildman–Crippen LogP) is 5.23. The fraction of sp³-hybridized carbons (Fsp3) is 0.500. The Labute approximate surface area is 168 Å². The molecule has 0 radical (unpaired) electrons. The predicted molar refractivity (Wildman–Crippen MR) is 111 cm³/mol. The quantitative estimate of drug-likeness (QED) is 0.631. The van der Waals surface area contributed by atoms with Gasteiger partial charge in [0.1, 0.15) is 11.6 Å². The fourth-order valence-corrected chi connectivity index (χ4v) is 4.29. The van der Waals surface area contributed by atoms with Crippen LogP contribution in [0.25, 0.3) is 0 Å². The fourth-order valence-electron chi connectivity index (χ4n) is 4.29. The summed E-state index contributed by atoms with van der Waals surface area (Å²) in [6.07, 6.45) is 3.92. The second kappa shape index (κ2) is 9.06. The van der Waals surface area contributed by atoms with Gasteiger partial charge in [-0.15, -0.1) is 0 Å². The largest absolute Gasteiger partial charge is 0.497 e. The summed E-state index contributed by atoms with van der Waals surface area (Å²) in [7, 11) is 1.68. The Kier molecular flexibility index (Phi) is 6.73. The third-order valence-corrected chi connectivity index (χ3v) is 6.22. The van der Waals surface area contributed by atoms with Gasteiger partial charge in [0.15, 0.2) is 0 Å². The van der Waals surface area contributed by atoms with Gasteiger partial charge in [0.25, 0.3) is 0 Å². The molecular formula is C24H32FNO2. The topological polar surface area (TPSA) is 30.5 Å². The maximum atomic E-state index is 13.5. The first kappa shape index (κ1) is 20.8. The van der Waals surface area contributed by atoms with Gasteiger partial charge >= 0.3 is 0 Å². The van der Waals surface area contributed by atoms with Crippen molar-refractivity contribution in [1.29, 1.82) is 0 Å². The lowest BCUT2D eigenvalue weighted by molar-refractivity contribution is -0.0979. The van der Waals surface area contributed by atoms with Gasteiger partial charge in [0.2, 0.25) is 0 Å². The van der Waals surface area contributed by atoms with E-state index in [-0.39, 0.29) is 16.8 Å². The van der Waals surface area contributed by atoms with E-state index in [1.807, 2.05) is 24.3 Å². The van der Waals surface area contributed by atoms with Gasteiger partial charge in [-0.2, -0.15) is 0 Å². The average Bonchev–Trinajstić information content (AvgIpc) is 2.72. The summed E-state index contributed by atoms with van der Waals surface area (Å²) in [5.74, 6) is 0.696. The molecule has 1 saturated heterocycles. The molecule has 0 aliphatic carbocycles. The van der Waals surface area contributed by atoms with Crippen LogP contribution < -0.4 is 10.1 Å². The van der Waals surface area contributed by atoms with Crippen molar-refractivity contribution in [3.05, 3.63) is 65.5 Å². The highest BCUT2D eigenvalue weighted by molar-refractivity contribution is 5.28. The van der Waals surface area contributed by atoms with Crippen molar-refractivity contribution in [1.82, 2.24) is 5.32 Å². The van der Waals surface area contributed by atoms with Gasteiger partial charge in [-0.1, -0.05) is 31.2 Å². The van der Waals surface area contributed by atoms with Crippen LogP contribution >= 0.6 is 0 Å². The number of halogens is 1. The summed E-state index contributed by atoms with van der Waals surface area (Å²) in [5, 5.41) is 3.58. The van der Waals surface area contributed by atoms with Gasteiger partial charge < -0.3 is 14.8 Å². The molecule has 0 saturated carbocycles. The van der Waals surface area contributed by atoms with E-state index in [0.717, 1.165) is 51.1 Å². The summed E-state index contributed by atoms with van der Waals surface area (Å²) in [6, 6.07) is 15.2. The zero-order valence-electron chi connectivity index (χ0n) is 17.3. The molecule has 3 nitrogen and oxygen atoms in total. The molecule has 0 bridgehead atoms. The number of hydrogen-bond acceptors (Lipinski definition) is 3. The Morgan fingerprint density at radius 2 is 1.82 bits per heavy atom. The van der Waals surface area contributed by atoms with Crippen LogP contribution in [0, 0.1) is 5.82 Å². The van der Waals surface area contributed by atoms with E-state index in [2.05, 4.69) is 31.3 Å². The maximum Gasteiger partial charge on any atom is 0.123 e. The van der Waals surface area contributed by atoms with E-state index in [1.54, 1.807) is 19.2 Å². The Morgan fingerprint density at radius 1 is 1.11 bits per heavy atom. The zero-order valence-corrected chi connectivity index (χ0v) is 17.3. The van der Waals surface area contributed by atoms with Crippen LogP contribution in [0.15, 0.2) is 48.5 Å². The molecule has 0 aromatic heterocycles. The second-order valence-electron chi connectivity index (χ2n) is 8.14. The van der Waals surface area contributed by atoms with E-state index < -0.39 is 0 Å². The van der Waals surface area contributed by atoms with E-state index in [9.17, 15) is 4.39 Å². The lowest BCUT2D eigenvalue weighted by atomic mass is 9.66. The molecule has 0 spiro atoms. The minimum Gasteiger partial charge on any atom is -0.497 e. The number of ether oxygens (including phenoxy) is 2. The van der Waals surface area contributed by atoms with Crippen molar-refractivity contribution >= 4 is 0 Å². The van der Waals surface area contributed by atoms with Gasteiger partial charge in [0, 0.05) is 18.6 Å². The van der Waals surface area contributed by atoms with Crippen LogP contribution in [0.1, 0.15) is 50.7 Å². The highest BCUT2D eigenvalue weighted by Gasteiger charge is 2.43. The first-order chi connectivity index (χ1) is 13.5. The molecule has 0 amide bonds. The molecule has 2 aromatic rings. The second-order valence-corrected chi connectivity index (χ2v) is 8.14.